The molecule has 1 fully saturated rings. The third-order valence-corrected chi connectivity index (χ3v) is 3.98. The zero-order valence-electron chi connectivity index (χ0n) is 11.8. The largest absolute Gasteiger partial charge is 0.495 e. The zero-order chi connectivity index (χ0) is 14.7. The summed E-state index contributed by atoms with van der Waals surface area (Å²) >= 11 is 3.42. The van der Waals surface area contributed by atoms with Crippen LogP contribution in [0.5, 0.6) is 5.75 Å². The minimum absolute atomic E-state index is 0.0504. The van der Waals surface area contributed by atoms with Gasteiger partial charge in [-0.15, -0.1) is 0 Å². The van der Waals surface area contributed by atoms with Crippen LogP contribution >= 0.6 is 15.9 Å². The Morgan fingerprint density at radius 1 is 1.45 bits per heavy atom. The summed E-state index contributed by atoms with van der Waals surface area (Å²) in [5.41, 5.74) is 1.66. The number of hydrogen-bond donors (Lipinski definition) is 2. The molecule has 0 aliphatic carbocycles. The Balaban J connectivity index is 2.19. The van der Waals surface area contributed by atoms with Crippen molar-refractivity contribution < 1.29 is 14.3 Å². The van der Waals surface area contributed by atoms with Crippen LogP contribution in [-0.4, -0.2) is 39.3 Å². The molecule has 5 nitrogen and oxygen atoms in total. The van der Waals surface area contributed by atoms with Crippen LogP contribution in [0.25, 0.3) is 0 Å². The molecular formula is C14H19BrN2O3. The average Bonchev–Trinajstić information content (AvgIpc) is 2.89. The fourth-order valence-electron chi connectivity index (χ4n) is 2.35. The topological polar surface area (TPSA) is 59.6 Å². The van der Waals surface area contributed by atoms with Gasteiger partial charge in [0.2, 0.25) is 5.91 Å². The molecule has 20 heavy (non-hydrogen) atoms. The summed E-state index contributed by atoms with van der Waals surface area (Å²) in [5, 5.41) is 6.07. The molecule has 0 spiro atoms. The summed E-state index contributed by atoms with van der Waals surface area (Å²) < 4.78 is 11.6. The summed E-state index contributed by atoms with van der Waals surface area (Å²) in [6.45, 7) is 2.93. The van der Waals surface area contributed by atoms with Crippen molar-refractivity contribution in [2.75, 3.05) is 32.7 Å². The molecule has 110 valence electrons. The fourth-order valence-corrected chi connectivity index (χ4v) is 2.90. The van der Waals surface area contributed by atoms with Crippen LogP contribution in [-0.2, 0) is 9.53 Å². The third-order valence-electron chi connectivity index (χ3n) is 3.52. The molecule has 1 aromatic rings. The van der Waals surface area contributed by atoms with E-state index in [4.69, 9.17) is 9.47 Å². The Kier molecular flexibility index (Phi) is 5.01. The number of ether oxygens (including phenoxy) is 2. The van der Waals surface area contributed by atoms with Gasteiger partial charge in [0.05, 0.1) is 31.9 Å². The van der Waals surface area contributed by atoms with Crippen molar-refractivity contribution >= 4 is 27.5 Å². The number of amides is 1. The lowest BCUT2D eigenvalue weighted by Gasteiger charge is -2.19. The number of methoxy groups -OCH3 is 1. The Morgan fingerprint density at radius 2 is 2.20 bits per heavy atom. The highest BCUT2D eigenvalue weighted by Crippen LogP contribution is 2.32. The van der Waals surface area contributed by atoms with E-state index in [1.54, 1.807) is 7.11 Å². The Hall–Kier alpha value is -1.11. The average molecular weight is 343 g/mol. The summed E-state index contributed by atoms with van der Waals surface area (Å²) in [6, 6.07) is 3.83. The van der Waals surface area contributed by atoms with Crippen molar-refractivity contribution in [3.8, 4) is 5.75 Å². The summed E-state index contributed by atoms with van der Waals surface area (Å²) in [7, 11) is 3.43. The van der Waals surface area contributed by atoms with E-state index in [0.717, 1.165) is 10.0 Å². The second-order valence-electron chi connectivity index (χ2n) is 4.83. The molecule has 1 aliphatic rings. The summed E-state index contributed by atoms with van der Waals surface area (Å²) in [4.78, 5) is 12.4. The predicted octanol–water partition coefficient (Wildman–Crippen LogP) is 1.94. The van der Waals surface area contributed by atoms with Gasteiger partial charge in [-0.1, -0.05) is 15.9 Å². The molecule has 1 aliphatic heterocycles. The highest BCUT2D eigenvalue weighted by molar-refractivity contribution is 9.10. The maximum atomic E-state index is 12.4. The standard InChI is InChI=1S/C14H19BrN2O3/c1-8-4-9(15)5-12(19-3)13(8)17-14(18)10-6-20-7-11(10)16-2/h4-5,10-11,16H,6-7H2,1-3H3,(H,17,18). The highest BCUT2D eigenvalue weighted by Gasteiger charge is 2.33. The number of nitrogens with one attached hydrogen (secondary N) is 2. The number of benzene rings is 1. The van der Waals surface area contributed by atoms with E-state index >= 15 is 0 Å². The number of carbonyl (C=O) groups is 1. The minimum atomic E-state index is -0.187. The second-order valence-corrected chi connectivity index (χ2v) is 5.74. The van der Waals surface area contributed by atoms with Gasteiger partial charge in [0.15, 0.2) is 0 Å². The number of likely N-dealkylation sites (N-methyl/N-ethyl adjacent to an activating group) is 1. The SMILES string of the molecule is CNC1COCC1C(=O)Nc1c(C)cc(Br)cc1OC. The normalized spacial score (nSPS) is 21.8. The van der Waals surface area contributed by atoms with Crippen molar-refractivity contribution in [1.29, 1.82) is 0 Å². The van der Waals surface area contributed by atoms with E-state index in [0.29, 0.717) is 24.7 Å². The molecule has 2 rings (SSSR count). The van der Waals surface area contributed by atoms with Gasteiger partial charge in [-0.05, 0) is 31.7 Å². The third kappa shape index (κ3) is 3.13. The highest BCUT2D eigenvalue weighted by atomic mass is 79.9. The minimum Gasteiger partial charge on any atom is -0.495 e. The van der Waals surface area contributed by atoms with E-state index in [2.05, 4.69) is 26.6 Å². The number of carbonyl (C=O) groups excluding carboxylic acids is 1. The number of hydrogen-bond acceptors (Lipinski definition) is 4. The van der Waals surface area contributed by atoms with E-state index < -0.39 is 0 Å². The molecule has 1 saturated heterocycles. The van der Waals surface area contributed by atoms with Crippen LogP contribution in [0.4, 0.5) is 5.69 Å². The van der Waals surface area contributed by atoms with E-state index in [-0.39, 0.29) is 17.9 Å². The molecule has 0 radical (unpaired) electrons. The maximum Gasteiger partial charge on any atom is 0.231 e. The van der Waals surface area contributed by atoms with Gasteiger partial charge in [-0.2, -0.15) is 0 Å². The van der Waals surface area contributed by atoms with Crippen LogP contribution in [0.2, 0.25) is 0 Å². The van der Waals surface area contributed by atoms with Gasteiger partial charge >= 0.3 is 0 Å². The van der Waals surface area contributed by atoms with Gasteiger partial charge in [0, 0.05) is 10.5 Å². The first-order valence-corrected chi connectivity index (χ1v) is 7.26. The van der Waals surface area contributed by atoms with Crippen molar-refractivity contribution in [2.24, 2.45) is 5.92 Å². The second kappa shape index (κ2) is 6.56. The molecule has 2 N–H and O–H groups in total. The Labute approximate surface area is 127 Å². The monoisotopic (exact) mass is 342 g/mol. The lowest BCUT2D eigenvalue weighted by Crippen LogP contribution is -2.39. The first kappa shape index (κ1) is 15.3. The van der Waals surface area contributed by atoms with Gasteiger partial charge in [-0.3, -0.25) is 4.79 Å². The fraction of sp³-hybridized carbons (Fsp3) is 0.500. The van der Waals surface area contributed by atoms with E-state index in [1.807, 2.05) is 26.1 Å². The molecule has 1 aromatic carbocycles. The van der Waals surface area contributed by atoms with Crippen LogP contribution in [0.1, 0.15) is 5.56 Å². The first-order chi connectivity index (χ1) is 9.56. The van der Waals surface area contributed by atoms with Gasteiger partial charge in [0.1, 0.15) is 5.75 Å². The summed E-state index contributed by atoms with van der Waals surface area (Å²) in [6.07, 6.45) is 0. The zero-order valence-corrected chi connectivity index (χ0v) is 13.4. The van der Waals surface area contributed by atoms with Crippen LogP contribution in [0.15, 0.2) is 16.6 Å². The maximum absolute atomic E-state index is 12.4. The Bertz CT molecular complexity index is 507. The first-order valence-electron chi connectivity index (χ1n) is 6.46. The van der Waals surface area contributed by atoms with Gasteiger partial charge in [0.25, 0.3) is 0 Å². The molecular weight excluding hydrogens is 324 g/mol. The Morgan fingerprint density at radius 3 is 2.85 bits per heavy atom. The molecule has 1 amide bonds. The van der Waals surface area contributed by atoms with Crippen LogP contribution < -0.4 is 15.4 Å². The lowest BCUT2D eigenvalue weighted by molar-refractivity contribution is -0.120. The number of aryl methyl sites for hydroxylation is 1. The van der Waals surface area contributed by atoms with Gasteiger partial charge in [-0.25, -0.2) is 0 Å². The van der Waals surface area contributed by atoms with Crippen molar-refractivity contribution in [2.45, 2.75) is 13.0 Å². The molecule has 2 unspecified atom stereocenters. The quantitative estimate of drug-likeness (QED) is 0.877. The molecule has 0 bridgehead atoms. The van der Waals surface area contributed by atoms with Crippen molar-refractivity contribution in [1.82, 2.24) is 5.32 Å². The summed E-state index contributed by atoms with van der Waals surface area (Å²) in [5.74, 6) is 0.406. The van der Waals surface area contributed by atoms with Crippen LogP contribution in [0.3, 0.4) is 0 Å². The predicted molar refractivity (Wildman–Crippen MR) is 81.2 cm³/mol. The molecule has 0 aromatic heterocycles. The van der Waals surface area contributed by atoms with Gasteiger partial charge < -0.3 is 20.1 Å². The number of rotatable bonds is 4. The van der Waals surface area contributed by atoms with Crippen molar-refractivity contribution in [3.05, 3.63) is 22.2 Å². The van der Waals surface area contributed by atoms with E-state index in [9.17, 15) is 4.79 Å². The number of anilines is 1. The van der Waals surface area contributed by atoms with Crippen molar-refractivity contribution in [3.63, 3.8) is 0 Å². The molecule has 2 atom stereocenters. The molecule has 0 saturated carbocycles. The van der Waals surface area contributed by atoms with E-state index in [1.165, 1.54) is 0 Å². The smallest absolute Gasteiger partial charge is 0.231 e. The number of halogens is 1. The molecule has 1 heterocycles. The lowest BCUT2D eigenvalue weighted by atomic mass is 10.0. The van der Waals surface area contributed by atoms with Crippen LogP contribution in [0, 0.1) is 12.8 Å². The molecule has 6 heteroatoms.